The van der Waals surface area contributed by atoms with Crippen molar-refractivity contribution in [2.24, 2.45) is 5.92 Å². The number of aromatic nitrogens is 1. The van der Waals surface area contributed by atoms with Crippen molar-refractivity contribution in [3.05, 3.63) is 30.1 Å². The maximum atomic E-state index is 4.37. The Labute approximate surface area is 132 Å². The van der Waals surface area contributed by atoms with Crippen molar-refractivity contribution in [1.82, 2.24) is 4.98 Å². The van der Waals surface area contributed by atoms with Crippen LogP contribution in [0.5, 0.6) is 0 Å². The largest absolute Gasteiger partial charge is 0.261 e. The predicted octanol–water partition coefficient (Wildman–Crippen LogP) is 6.57. The minimum atomic E-state index is 0.885. The summed E-state index contributed by atoms with van der Waals surface area (Å²) in [7, 11) is 0. The molecule has 1 aromatic rings. The average Bonchev–Trinajstić information content (AvgIpc) is 2.49. The molecule has 0 atom stereocenters. The minimum Gasteiger partial charge on any atom is -0.261 e. The second-order valence-corrected chi connectivity index (χ2v) is 6.79. The van der Waals surface area contributed by atoms with Gasteiger partial charge in [-0.2, -0.15) is 0 Å². The first-order chi connectivity index (χ1) is 10.3. The molecule has 0 aromatic carbocycles. The van der Waals surface area contributed by atoms with E-state index < -0.39 is 0 Å². The van der Waals surface area contributed by atoms with Gasteiger partial charge in [-0.1, -0.05) is 84.1 Å². The van der Waals surface area contributed by atoms with Crippen molar-refractivity contribution in [3.8, 4) is 0 Å². The Hall–Kier alpha value is -0.850. The van der Waals surface area contributed by atoms with Crippen molar-refractivity contribution in [2.45, 2.75) is 90.9 Å². The third-order valence-electron chi connectivity index (χ3n) is 4.19. The minimum absolute atomic E-state index is 0.885. The Bertz CT molecular complexity index is 318. The molecule has 1 aromatic heterocycles. The molecule has 0 fully saturated rings. The SMILES string of the molecule is CC(C)CCCCCCCCCCCCc1ccccn1. The van der Waals surface area contributed by atoms with E-state index in [0.29, 0.717) is 0 Å². The lowest BCUT2D eigenvalue weighted by molar-refractivity contribution is 0.504. The van der Waals surface area contributed by atoms with Crippen LogP contribution in [0.1, 0.15) is 90.2 Å². The van der Waals surface area contributed by atoms with Crippen LogP contribution in [0.3, 0.4) is 0 Å². The number of unbranched alkanes of at least 4 members (excludes halogenated alkanes) is 9. The molecule has 1 nitrogen and oxygen atoms in total. The van der Waals surface area contributed by atoms with E-state index in [9.17, 15) is 0 Å². The molecule has 1 rings (SSSR count). The van der Waals surface area contributed by atoms with E-state index in [2.05, 4.69) is 31.0 Å². The van der Waals surface area contributed by atoms with Crippen molar-refractivity contribution in [3.63, 3.8) is 0 Å². The fourth-order valence-corrected chi connectivity index (χ4v) is 2.82. The maximum Gasteiger partial charge on any atom is 0.0403 e. The average molecular weight is 290 g/mol. The molecule has 21 heavy (non-hydrogen) atoms. The molecule has 0 unspecified atom stereocenters. The fourth-order valence-electron chi connectivity index (χ4n) is 2.82. The summed E-state index contributed by atoms with van der Waals surface area (Å²) in [6.07, 6.45) is 18.6. The van der Waals surface area contributed by atoms with Gasteiger partial charge in [0.05, 0.1) is 0 Å². The Kier molecular flexibility index (Phi) is 11.1. The van der Waals surface area contributed by atoms with E-state index in [1.165, 1.54) is 76.3 Å². The third-order valence-corrected chi connectivity index (χ3v) is 4.19. The molecule has 0 aliphatic carbocycles. The van der Waals surface area contributed by atoms with Crippen molar-refractivity contribution in [1.29, 1.82) is 0 Å². The first-order valence-corrected chi connectivity index (χ1v) is 9.19. The summed E-state index contributed by atoms with van der Waals surface area (Å²) in [5, 5.41) is 0. The van der Waals surface area contributed by atoms with Gasteiger partial charge < -0.3 is 0 Å². The van der Waals surface area contributed by atoms with E-state index in [4.69, 9.17) is 0 Å². The lowest BCUT2D eigenvalue weighted by atomic mass is 10.0. The van der Waals surface area contributed by atoms with Gasteiger partial charge in [-0.3, -0.25) is 4.98 Å². The summed E-state index contributed by atoms with van der Waals surface area (Å²) >= 11 is 0. The third kappa shape index (κ3) is 11.5. The fraction of sp³-hybridized carbons (Fsp3) is 0.750. The lowest BCUT2D eigenvalue weighted by Gasteiger charge is -2.04. The van der Waals surface area contributed by atoms with Crippen molar-refractivity contribution < 1.29 is 0 Å². The zero-order chi connectivity index (χ0) is 15.2. The highest BCUT2D eigenvalue weighted by atomic mass is 14.7. The Morgan fingerprint density at radius 2 is 1.33 bits per heavy atom. The van der Waals surface area contributed by atoms with Gasteiger partial charge in [-0.25, -0.2) is 0 Å². The topological polar surface area (TPSA) is 12.9 Å². The number of aryl methyl sites for hydroxylation is 1. The molecule has 0 saturated carbocycles. The Balaban J connectivity index is 1.77. The van der Waals surface area contributed by atoms with Gasteiger partial charge in [0.15, 0.2) is 0 Å². The van der Waals surface area contributed by atoms with E-state index in [0.717, 1.165) is 12.3 Å². The molecule has 0 aliphatic rings. The zero-order valence-corrected chi connectivity index (χ0v) is 14.3. The van der Waals surface area contributed by atoms with Crippen molar-refractivity contribution in [2.75, 3.05) is 0 Å². The normalized spacial score (nSPS) is 11.2. The number of rotatable bonds is 13. The first kappa shape index (κ1) is 18.2. The van der Waals surface area contributed by atoms with Gasteiger partial charge in [0.2, 0.25) is 0 Å². The summed E-state index contributed by atoms with van der Waals surface area (Å²) in [6, 6.07) is 6.22. The van der Waals surface area contributed by atoms with E-state index in [1.54, 1.807) is 0 Å². The molecule has 1 heterocycles. The molecule has 0 saturated heterocycles. The number of pyridine rings is 1. The van der Waals surface area contributed by atoms with Crippen LogP contribution in [-0.2, 0) is 6.42 Å². The quantitative estimate of drug-likeness (QED) is 0.374. The zero-order valence-electron chi connectivity index (χ0n) is 14.3. The Morgan fingerprint density at radius 3 is 1.86 bits per heavy atom. The number of hydrogen-bond donors (Lipinski definition) is 0. The molecule has 0 N–H and O–H groups in total. The summed E-state index contributed by atoms with van der Waals surface area (Å²) < 4.78 is 0. The summed E-state index contributed by atoms with van der Waals surface area (Å²) in [5.74, 6) is 0.885. The van der Waals surface area contributed by atoms with Crippen LogP contribution in [0.2, 0.25) is 0 Å². The molecule has 0 aliphatic heterocycles. The highest BCUT2D eigenvalue weighted by Gasteiger charge is 1.96. The van der Waals surface area contributed by atoms with Crippen LogP contribution in [-0.4, -0.2) is 4.98 Å². The monoisotopic (exact) mass is 289 g/mol. The number of hydrogen-bond acceptors (Lipinski definition) is 1. The summed E-state index contributed by atoms with van der Waals surface area (Å²) in [6.45, 7) is 4.65. The van der Waals surface area contributed by atoms with Gasteiger partial charge in [0.1, 0.15) is 0 Å². The standard InChI is InChI=1S/C20H35N/c1-19(2)15-11-9-7-5-3-4-6-8-10-12-16-20-17-13-14-18-21-20/h13-14,17-19H,3-12,15-16H2,1-2H3. The smallest absolute Gasteiger partial charge is 0.0403 e. The van der Waals surface area contributed by atoms with Gasteiger partial charge in [-0.05, 0) is 30.9 Å². The van der Waals surface area contributed by atoms with Crippen LogP contribution in [0.15, 0.2) is 24.4 Å². The molecule has 1 heteroatoms. The van der Waals surface area contributed by atoms with E-state index in [1.807, 2.05) is 12.3 Å². The lowest BCUT2D eigenvalue weighted by Crippen LogP contribution is -1.89. The van der Waals surface area contributed by atoms with Crippen molar-refractivity contribution >= 4 is 0 Å². The van der Waals surface area contributed by atoms with Gasteiger partial charge in [0, 0.05) is 11.9 Å². The van der Waals surface area contributed by atoms with Crippen LogP contribution in [0, 0.1) is 5.92 Å². The van der Waals surface area contributed by atoms with Crippen LogP contribution < -0.4 is 0 Å². The molecule has 0 spiro atoms. The maximum absolute atomic E-state index is 4.37. The summed E-state index contributed by atoms with van der Waals surface area (Å²) in [4.78, 5) is 4.37. The molecular formula is C20H35N. The molecule has 120 valence electrons. The highest BCUT2D eigenvalue weighted by molar-refractivity contribution is 5.03. The predicted molar refractivity (Wildman–Crippen MR) is 93.6 cm³/mol. The van der Waals surface area contributed by atoms with Gasteiger partial charge in [-0.15, -0.1) is 0 Å². The second kappa shape index (κ2) is 12.9. The van der Waals surface area contributed by atoms with Gasteiger partial charge in [0.25, 0.3) is 0 Å². The second-order valence-electron chi connectivity index (χ2n) is 6.79. The van der Waals surface area contributed by atoms with Crippen LogP contribution >= 0.6 is 0 Å². The first-order valence-electron chi connectivity index (χ1n) is 9.19. The van der Waals surface area contributed by atoms with Crippen LogP contribution in [0.25, 0.3) is 0 Å². The molecule has 0 bridgehead atoms. The molecular weight excluding hydrogens is 254 g/mol. The van der Waals surface area contributed by atoms with Gasteiger partial charge >= 0.3 is 0 Å². The molecule has 0 amide bonds. The Morgan fingerprint density at radius 1 is 0.762 bits per heavy atom. The number of nitrogens with zero attached hydrogens (tertiary/aromatic N) is 1. The summed E-state index contributed by atoms with van der Waals surface area (Å²) in [5.41, 5.74) is 1.25. The highest BCUT2D eigenvalue weighted by Crippen LogP contribution is 2.13. The molecule has 0 radical (unpaired) electrons. The van der Waals surface area contributed by atoms with E-state index in [-0.39, 0.29) is 0 Å². The van der Waals surface area contributed by atoms with Crippen LogP contribution in [0.4, 0.5) is 0 Å². The van der Waals surface area contributed by atoms with E-state index >= 15 is 0 Å².